The number of nitrogens with zero attached hydrogens (tertiary/aromatic N) is 4. The molecule has 1 aliphatic rings. The van der Waals surface area contributed by atoms with Crippen molar-refractivity contribution in [3.63, 3.8) is 0 Å². The Morgan fingerprint density at radius 3 is 2.96 bits per heavy atom. The van der Waals surface area contributed by atoms with Crippen molar-refractivity contribution in [3.05, 3.63) is 46.5 Å². The lowest BCUT2D eigenvalue weighted by molar-refractivity contribution is 0.383. The summed E-state index contributed by atoms with van der Waals surface area (Å²) in [5.74, 6) is 2.67. The van der Waals surface area contributed by atoms with Gasteiger partial charge in [-0.15, -0.1) is 5.10 Å². The normalized spacial score (nSPS) is 16.1. The molecule has 1 fully saturated rings. The first-order valence-electron chi connectivity index (χ1n) is 8.16. The van der Waals surface area contributed by atoms with Crippen LogP contribution >= 0.6 is 0 Å². The molecule has 0 aromatic carbocycles. The van der Waals surface area contributed by atoms with E-state index in [4.69, 9.17) is 4.42 Å². The van der Waals surface area contributed by atoms with Gasteiger partial charge < -0.3 is 14.6 Å². The molecule has 0 aliphatic carbocycles. The zero-order valence-corrected chi connectivity index (χ0v) is 13.5. The van der Waals surface area contributed by atoms with Gasteiger partial charge >= 0.3 is 5.69 Å². The molecule has 0 spiro atoms. The van der Waals surface area contributed by atoms with E-state index >= 15 is 0 Å². The van der Waals surface area contributed by atoms with Crippen LogP contribution in [0.15, 0.2) is 33.7 Å². The summed E-state index contributed by atoms with van der Waals surface area (Å²) in [6.45, 7) is 4.46. The Morgan fingerprint density at radius 1 is 1.38 bits per heavy atom. The minimum absolute atomic E-state index is 0.237. The zero-order valence-electron chi connectivity index (χ0n) is 13.5. The van der Waals surface area contributed by atoms with Crippen molar-refractivity contribution < 1.29 is 4.42 Å². The van der Waals surface area contributed by atoms with E-state index in [1.807, 2.05) is 19.1 Å². The first-order valence-corrected chi connectivity index (χ1v) is 8.16. The summed E-state index contributed by atoms with van der Waals surface area (Å²) in [7, 11) is 0. The third-order valence-corrected chi connectivity index (χ3v) is 4.47. The summed E-state index contributed by atoms with van der Waals surface area (Å²) in [6, 6.07) is 4.45. The highest BCUT2D eigenvalue weighted by Gasteiger charge is 2.22. The first kappa shape index (κ1) is 14.9. The van der Waals surface area contributed by atoms with Gasteiger partial charge in [-0.05, 0) is 31.9 Å². The molecule has 8 nitrogen and oxygen atoms in total. The fraction of sp³-hybridized carbons (Fsp3) is 0.438. The number of aryl methyl sites for hydroxylation is 1. The number of furan rings is 1. The van der Waals surface area contributed by atoms with Crippen LogP contribution in [0, 0.1) is 6.92 Å². The van der Waals surface area contributed by atoms with Gasteiger partial charge in [0.05, 0.1) is 6.54 Å². The number of nitrogens with one attached hydrogen (secondary N) is 2. The number of H-pyrrole nitrogens is 1. The molecule has 0 bridgehead atoms. The van der Waals surface area contributed by atoms with Crippen molar-refractivity contribution in [1.29, 1.82) is 0 Å². The summed E-state index contributed by atoms with van der Waals surface area (Å²) in [6.07, 6.45) is 5.29. The van der Waals surface area contributed by atoms with E-state index in [9.17, 15) is 4.79 Å². The molecule has 0 atom stereocenters. The third-order valence-electron chi connectivity index (χ3n) is 4.47. The van der Waals surface area contributed by atoms with E-state index in [1.165, 1.54) is 4.40 Å². The van der Waals surface area contributed by atoms with Crippen LogP contribution in [0.5, 0.6) is 0 Å². The quantitative estimate of drug-likeness (QED) is 0.744. The Kier molecular flexibility index (Phi) is 3.81. The van der Waals surface area contributed by atoms with Crippen LogP contribution in [-0.4, -0.2) is 38.7 Å². The molecule has 0 amide bonds. The molecular formula is C16H20N6O2. The van der Waals surface area contributed by atoms with Gasteiger partial charge in [-0.1, -0.05) is 0 Å². The van der Waals surface area contributed by atoms with Gasteiger partial charge in [-0.25, -0.2) is 19.3 Å². The summed E-state index contributed by atoms with van der Waals surface area (Å²) in [5, 5.41) is 10.1. The SMILES string of the molecule is Cc1ccc(CNC2CCN(c3nccn4c(=O)[nH]nc34)CC2)o1. The molecule has 8 heteroatoms. The van der Waals surface area contributed by atoms with E-state index in [2.05, 4.69) is 25.4 Å². The van der Waals surface area contributed by atoms with E-state index in [0.717, 1.165) is 49.8 Å². The van der Waals surface area contributed by atoms with Crippen molar-refractivity contribution in [1.82, 2.24) is 24.9 Å². The molecule has 4 heterocycles. The second-order valence-corrected chi connectivity index (χ2v) is 6.13. The molecule has 24 heavy (non-hydrogen) atoms. The predicted octanol–water partition coefficient (Wildman–Crippen LogP) is 1.08. The summed E-state index contributed by atoms with van der Waals surface area (Å²) in [5.41, 5.74) is 0.346. The zero-order chi connectivity index (χ0) is 16.5. The Hall–Kier alpha value is -2.61. The number of hydrogen-bond donors (Lipinski definition) is 2. The van der Waals surface area contributed by atoms with Crippen LogP contribution in [-0.2, 0) is 6.54 Å². The summed E-state index contributed by atoms with van der Waals surface area (Å²) in [4.78, 5) is 18.3. The average Bonchev–Trinajstić information content (AvgIpc) is 3.20. The monoisotopic (exact) mass is 328 g/mol. The van der Waals surface area contributed by atoms with Crippen molar-refractivity contribution >= 4 is 11.5 Å². The summed E-state index contributed by atoms with van der Waals surface area (Å²) >= 11 is 0. The summed E-state index contributed by atoms with van der Waals surface area (Å²) < 4.78 is 7.08. The minimum atomic E-state index is -0.237. The van der Waals surface area contributed by atoms with E-state index < -0.39 is 0 Å². The maximum Gasteiger partial charge on any atom is 0.347 e. The fourth-order valence-electron chi connectivity index (χ4n) is 3.17. The predicted molar refractivity (Wildman–Crippen MR) is 89.1 cm³/mol. The lowest BCUT2D eigenvalue weighted by Gasteiger charge is -2.33. The van der Waals surface area contributed by atoms with Gasteiger partial charge in [0, 0.05) is 31.5 Å². The molecule has 0 radical (unpaired) electrons. The fourth-order valence-corrected chi connectivity index (χ4v) is 3.17. The van der Waals surface area contributed by atoms with Crippen LogP contribution in [0.4, 0.5) is 5.82 Å². The van der Waals surface area contributed by atoms with Gasteiger partial charge in [-0.3, -0.25) is 0 Å². The van der Waals surface area contributed by atoms with Crippen molar-refractivity contribution in [2.45, 2.75) is 32.4 Å². The molecule has 1 aliphatic heterocycles. The van der Waals surface area contributed by atoms with E-state index in [1.54, 1.807) is 12.4 Å². The molecule has 3 aromatic heterocycles. The van der Waals surface area contributed by atoms with E-state index in [0.29, 0.717) is 11.7 Å². The van der Waals surface area contributed by atoms with Crippen molar-refractivity contribution in [2.75, 3.05) is 18.0 Å². The molecule has 2 N–H and O–H groups in total. The highest BCUT2D eigenvalue weighted by molar-refractivity contribution is 5.63. The second-order valence-electron chi connectivity index (χ2n) is 6.13. The van der Waals surface area contributed by atoms with Crippen molar-refractivity contribution in [3.8, 4) is 0 Å². The Morgan fingerprint density at radius 2 is 2.21 bits per heavy atom. The number of aromatic nitrogens is 4. The highest BCUT2D eigenvalue weighted by Crippen LogP contribution is 2.20. The largest absolute Gasteiger partial charge is 0.465 e. The maximum atomic E-state index is 11.7. The highest BCUT2D eigenvalue weighted by atomic mass is 16.3. The standard InChI is InChI=1S/C16H20N6O2/c1-11-2-3-13(24-11)10-18-12-4-7-21(8-5-12)14-15-19-20-16(23)22(15)9-6-17-14/h2-3,6,9,12,18H,4-5,7-8,10H2,1H3,(H,20,23). The van der Waals surface area contributed by atoms with Crippen LogP contribution in [0.3, 0.4) is 0 Å². The Bertz CT molecular complexity index is 887. The van der Waals surface area contributed by atoms with E-state index in [-0.39, 0.29) is 5.69 Å². The first-order chi connectivity index (χ1) is 11.7. The second kappa shape index (κ2) is 6.12. The number of anilines is 1. The number of hydrogen-bond acceptors (Lipinski definition) is 6. The topological polar surface area (TPSA) is 91.5 Å². The maximum absolute atomic E-state index is 11.7. The molecule has 0 saturated carbocycles. The molecular weight excluding hydrogens is 308 g/mol. The van der Waals surface area contributed by atoms with Crippen LogP contribution < -0.4 is 15.9 Å². The molecule has 4 rings (SSSR count). The molecule has 3 aromatic rings. The lowest BCUT2D eigenvalue weighted by atomic mass is 10.1. The number of aromatic amines is 1. The molecule has 126 valence electrons. The third kappa shape index (κ3) is 2.80. The Labute approximate surface area is 138 Å². The van der Waals surface area contributed by atoms with Crippen LogP contribution in [0.25, 0.3) is 5.65 Å². The molecule has 1 saturated heterocycles. The van der Waals surface area contributed by atoms with Gasteiger partial charge in [0.1, 0.15) is 11.5 Å². The number of piperidine rings is 1. The van der Waals surface area contributed by atoms with Crippen LogP contribution in [0.2, 0.25) is 0 Å². The number of rotatable bonds is 4. The molecule has 0 unspecified atom stereocenters. The smallest absolute Gasteiger partial charge is 0.347 e. The number of fused-ring (bicyclic) bond motifs is 1. The minimum Gasteiger partial charge on any atom is -0.465 e. The van der Waals surface area contributed by atoms with Crippen molar-refractivity contribution in [2.24, 2.45) is 0 Å². The lowest BCUT2D eigenvalue weighted by Crippen LogP contribution is -2.42. The van der Waals surface area contributed by atoms with Gasteiger partial charge in [-0.2, -0.15) is 0 Å². The van der Waals surface area contributed by atoms with Gasteiger partial charge in [0.25, 0.3) is 0 Å². The van der Waals surface area contributed by atoms with Gasteiger partial charge in [0.15, 0.2) is 5.82 Å². The van der Waals surface area contributed by atoms with Gasteiger partial charge in [0.2, 0.25) is 5.65 Å². The average molecular weight is 328 g/mol. The Balaban J connectivity index is 1.39. The van der Waals surface area contributed by atoms with Crippen LogP contribution in [0.1, 0.15) is 24.4 Å².